The molecule has 9 atom stereocenters. The molecule has 0 nitrogen and oxygen atoms in total. The third-order valence-electron chi connectivity index (χ3n) is 11.3. The van der Waals surface area contributed by atoms with Gasteiger partial charge in [-0.3, -0.25) is 0 Å². The van der Waals surface area contributed by atoms with Crippen LogP contribution in [-0.2, 0) is 0 Å². The van der Waals surface area contributed by atoms with Crippen molar-refractivity contribution < 1.29 is 0 Å². The van der Waals surface area contributed by atoms with Gasteiger partial charge in [0.15, 0.2) is 0 Å². The third-order valence-corrected chi connectivity index (χ3v) is 11.3. The number of allylic oxidation sites excluding steroid dienone is 2. The summed E-state index contributed by atoms with van der Waals surface area (Å²) in [4.78, 5) is 0. The fraction of sp³-hybridized carbons (Fsp3) is 0.931. The summed E-state index contributed by atoms with van der Waals surface area (Å²) < 4.78 is 0. The maximum Gasteiger partial charge on any atom is -0.0213 e. The van der Waals surface area contributed by atoms with Crippen molar-refractivity contribution >= 4 is 0 Å². The normalized spacial score (nSPS) is 46.9. The summed E-state index contributed by atoms with van der Waals surface area (Å²) >= 11 is 0. The van der Waals surface area contributed by atoms with E-state index in [2.05, 4.69) is 53.7 Å². The molecule has 4 aliphatic carbocycles. The Kier molecular flexibility index (Phi) is 6.32. The molecule has 4 fully saturated rings. The number of fused-ring (bicyclic) bond motifs is 5. The van der Waals surface area contributed by atoms with Crippen molar-refractivity contribution in [1.82, 2.24) is 0 Å². The predicted octanol–water partition coefficient (Wildman–Crippen LogP) is 8.91. The van der Waals surface area contributed by atoms with Gasteiger partial charge in [-0.1, -0.05) is 66.5 Å². The van der Waals surface area contributed by atoms with Gasteiger partial charge in [-0.2, -0.15) is 0 Å². The van der Waals surface area contributed by atoms with Crippen molar-refractivity contribution in [3.05, 3.63) is 12.2 Å². The van der Waals surface area contributed by atoms with Crippen LogP contribution < -0.4 is 0 Å². The summed E-state index contributed by atoms with van der Waals surface area (Å²) in [6.07, 6.45) is 21.8. The van der Waals surface area contributed by atoms with Gasteiger partial charge >= 0.3 is 0 Å². The monoisotopic (exact) mass is 398 g/mol. The van der Waals surface area contributed by atoms with Gasteiger partial charge in [0, 0.05) is 0 Å². The highest BCUT2D eigenvalue weighted by molar-refractivity contribution is 5.11. The lowest BCUT2D eigenvalue weighted by Gasteiger charge is -2.60. The molecule has 0 heteroatoms. The topological polar surface area (TPSA) is 0 Å². The first kappa shape index (κ1) is 22.0. The van der Waals surface area contributed by atoms with E-state index in [9.17, 15) is 0 Å². The highest BCUT2D eigenvalue weighted by Gasteiger charge is 2.59. The van der Waals surface area contributed by atoms with E-state index in [1.807, 2.05) is 0 Å². The molecule has 0 spiro atoms. The van der Waals surface area contributed by atoms with Gasteiger partial charge in [-0.15, -0.1) is 0 Å². The highest BCUT2D eigenvalue weighted by atomic mass is 14.6. The largest absolute Gasteiger partial charge is 0.0851 e. The fourth-order valence-corrected chi connectivity index (χ4v) is 9.48. The molecule has 166 valence electrons. The van der Waals surface area contributed by atoms with Crippen LogP contribution >= 0.6 is 0 Å². The Morgan fingerprint density at radius 2 is 1.55 bits per heavy atom. The van der Waals surface area contributed by atoms with Crippen molar-refractivity contribution in [2.24, 2.45) is 58.2 Å². The predicted molar refractivity (Wildman–Crippen MR) is 127 cm³/mol. The Morgan fingerprint density at radius 1 is 0.793 bits per heavy atom. The van der Waals surface area contributed by atoms with Crippen LogP contribution in [0.3, 0.4) is 0 Å². The molecule has 0 aromatic rings. The zero-order valence-electron chi connectivity index (χ0n) is 20.6. The SMILES string of the molecule is CCC(C=CC(C)C1CCC2C3CCC4CCCCC4(C)C3CCC12C)C(C)C. The van der Waals surface area contributed by atoms with E-state index in [1.165, 1.54) is 38.5 Å². The smallest absolute Gasteiger partial charge is 0.0213 e. The van der Waals surface area contributed by atoms with Gasteiger partial charge in [0.05, 0.1) is 0 Å². The van der Waals surface area contributed by atoms with Crippen molar-refractivity contribution in [2.75, 3.05) is 0 Å². The van der Waals surface area contributed by atoms with Gasteiger partial charge in [0.2, 0.25) is 0 Å². The molecule has 0 aromatic heterocycles. The Bertz CT molecular complexity index is 587. The highest BCUT2D eigenvalue weighted by Crippen LogP contribution is 2.68. The fourth-order valence-electron chi connectivity index (χ4n) is 9.48. The zero-order chi connectivity index (χ0) is 20.8. The lowest BCUT2D eigenvalue weighted by atomic mass is 9.44. The lowest BCUT2D eigenvalue weighted by Crippen LogP contribution is -2.53. The zero-order valence-corrected chi connectivity index (χ0v) is 20.6. The van der Waals surface area contributed by atoms with E-state index in [1.54, 1.807) is 32.1 Å². The second-order valence-corrected chi connectivity index (χ2v) is 12.7. The first-order valence-corrected chi connectivity index (χ1v) is 13.5. The number of hydrogen-bond acceptors (Lipinski definition) is 0. The van der Waals surface area contributed by atoms with E-state index in [-0.39, 0.29) is 0 Å². The van der Waals surface area contributed by atoms with E-state index >= 15 is 0 Å². The average molecular weight is 399 g/mol. The molecule has 0 bridgehead atoms. The van der Waals surface area contributed by atoms with E-state index < -0.39 is 0 Å². The molecule has 0 aliphatic heterocycles. The standard InChI is InChI=1S/C29H50/c1-7-22(20(2)3)12-11-21(4)25-15-16-26-24-14-13-23-10-8-9-18-28(23,5)27(24)17-19-29(25,26)6/h11-12,20-27H,7-10,13-19H2,1-6H3. The molecule has 4 rings (SSSR count). The molecular weight excluding hydrogens is 348 g/mol. The molecule has 4 saturated carbocycles. The Balaban J connectivity index is 1.50. The molecule has 0 amide bonds. The Morgan fingerprint density at radius 3 is 2.28 bits per heavy atom. The van der Waals surface area contributed by atoms with Gasteiger partial charge < -0.3 is 0 Å². The van der Waals surface area contributed by atoms with Crippen LogP contribution in [0.1, 0.15) is 112 Å². The van der Waals surface area contributed by atoms with Crippen molar-refractivity contribution in [1.29, 1.82) is 0 Å². The van der Waals surface area contributed by atoms with Crippen LogP contribution in [-0.4, -0.2) is 0 Å². The number of hydrogen-bond donors (Lipinski definition) is 0. The second-order valence-electron chi connectivity index (χ2n) is 12.7. The van der Waals surface area contributed by atoms with Crippen LogP contribution in [0.5, 0.6) is 0 Å². The average Bonchev–Trinajstić information content (AvgIpc) is 3.05. The number of rotatable bonds is 5. The van der Waals surface area contributed by atoms with Crippen LogP contribution in [0.4, 0.5) is 0 Å². The van der Waals surface area contributed by atoms with Crippen molar-refractivity contribution in [2.45, 2.75) is 112 Å². The first-order valence-electron chi connectivity index (χ1n) is 13.5. The van der Waals surface area contributed by atoms with Crippen molar-refractivity contribution in [3.63, 3.8) is 0 Å². The summed E-state index contributed by atoms with van der Waals surface area (Å²) in [5.41, 5.74) is 1.31. The van der Waals surface area contributed by atoms with E-state index in [0.29, 0.717) is 10.8 Å². The van der Waals surface area contributed by atoms with Crippen LogP contribution in [0.15, 0.2) is 12.2 Å². The molecule has 4 aliphatic rings. The van der Waals surface area contributed by atoms with Gasteiger partial charge in [0.25, 0.3) is 0 Å². The van der Waals surface area contributed by atoms with E-state index in [0.717, 1.165) is 47.3 Å². The molecule has 0 saturated heterocycles. The third kappa shape index (κ3) is 3.67. The lowest BCUT2D eigenvalue weighted by molar-refractivity contribution is -0.112. The summed E-state index contributed by atoms with van der Waals surface area (Å²) in [7, 11) is 0. The molecule has 0 N–H and O–H groups in total. The maximum atomic E-state index is 2.73. The molecular formula is C29H50. The summed E-state index contributed by atoms with van der Waals surface area (Å²) in [5.74, 6) is 7.40. The minimum Gasteiger partial charge on any atom is -0.0851 e. The maximum absolute atomic E-state index is 2.73. The minimum absolute atomic E-state index is 0.613. The Labute approximate surface area is 182 Å². The van der Waals surface area contributed by atoms with Gasteiger partial charge in [-0.05, 0) is 116 Å². The Hall–Kier alpha value is -0.260. The summed E-state index contributed by atoms with van der Waals surface area (Å²) in [5, 5.41) is 0. The van der Waals surface area contributed by atoms with Crippen LogP contribution in [0, 0.1) is 58.2 Å². The van der Waals surface area contributed by atoms with Crippen molar-refractivity contribution in [3.8, 4) is 0 Å². The van der Waals surface area contributed by atoms with Gasteiger partial charge in [0.1, 0.15) is 0 Å². The van der Waals surface area contributed by atoms with Crippen LogP contribution in [0.25, 0.3) is 0 Å². The molecule has 0 radical (unpaired) electrons. The summed E-state index contributed by atoms with van der Waals surface area (Å²) in [6.45, 7) is 15.1. The molecule has 29 heavy (non-hydrogen) atoms. The molecule has 0 aromatic carbocycles. The molecule has 9 unspecified atom stereocenters. The quantitative estimate of drug-likeness (QED) is 0.405. The minimum atomic E-state index is 0.613. The molecule has 0 heterocycles. The van der Waals surface area contributed by atoms with Crippen LogP contribution in [0.2, 0.25) is 0 Å². The van der Waals surface area contributed by atoms with E-state index in [4.69, 9.17) is 0 Å². The first-order chi connectivity index (χ1) is 13.8. The second kappa shape index (κ2) is 8.35. The van der Waals surface area contributed by atoms with Gasteiger partial charge in [-0.25, -0.2) is 0 Å². The summed E-state index contributed by atoms with van der Waals surface area (Å²) in [6, 6.07) is 0.